The molecule has 4 aliphatic carbocycles. The molecule has 5 aliphatic heterocycles. The summed E-state index contributed by atoms with van der Waals surface area (Å²) >= 11 is 0. The molecule has 0 radical (unpaired) electrons. The second-order valence-electron chi connectivity index (χ2n) is 26.2. The maximum atomic E-state index is 13.2. The second kappa shape index (κ2) is 26.9. The normalized spacial score (nSPS) is 50.7. The van der Waals surface area contributed by atoms with Crippen LogP contribution in [0.2, 0.25) is 0 Å². The second-order valence-corrected chi connectivity index (χ2v) is 27.2. The van der Waals surface area contributed by atoms with Gasteiger partial charge in [0.2, 0.25) is 10.4 Å². The predicted molar refractivity (Wildman–Crippen MR) is 278 cm³/mol. The number of aliphatic hydroxyl groups excluding tert-OH is 11. The molecular formula is C55H89NaO27S. The molecule has 32 atom stereocenters. The molecule has 27 nitrogen and oxygen atoms in total. The fourth-order valence-electron chi connectivity index (χ4n) is 15.5. The molecule has 478 valence electrons. The molecule has 8 fully saturated rings. The Morgan fingerprint density at radius 2 is 1.18 bits per heavy atom. The van der Waals surface area contributed by atoms with Crippen LogP contribution in [0.3, 0.4) is 0 Å². The zero-order valence-electron chi connectivity index (χ0n) is 49.1. The summed E-state index contributed by atoms with van der Waals surface area (Å²) in [4.78, 5) is 13.2. The number of Topliss-reactive ketones (excluding diaryl/α,β-unsaturated/α-hetero) is 1. The third-order valence-electron chi connectivity index (χ3n) is 19.9. The topological polar surface area (TPSA) is 419 Å². The Bertz CT molecular complexity index is 2370. The van der Waals surface area contributed by atoms with Crippen molar-refractivity contribution < 1.29 is 160 Å². The van der Waals surface area contributed by atoms with Crippen LogP contribution in [-0.2, 0) is 66.7 Å². The molecule has 9 aliphatic rings. The van der Waals surface area contributed by atoms with Gasteiger partial charge in [-0.25, -0.2) is 8.42 Å². The standard InChI is InChI=1S/C55H90O27S.Na/c1-21(2)15-25(56)18-55(8,68)34-10-9-28-27-17-32(30-16-26(82-83(69,70)71)11-13-53(30,6)29(27)12-14-54(28,34)7)77-50-44(67)45(37(60)24(5)76-50)79-52-47(81-49-43(66)41(64)36(59)23(4)75-49)39(62)33(20-73-52)78-51-46(38(61)31(57)19-72-51)80-48-42(65)40(63)35(58)22(3)74-48;/h12,21-24,26-28,30-52,57-68H,9-11,13-20H2,1-8H3,(H,69,70,71);/q;+1/p-1/t22?,23?,24?,26-,27?,28?,30?,31-,32-,33+,34-,35-,36+,37+,38?,39?,40?,41?,42-,43?,44?,45?,46?,47?,48?,49-,50-,51-,52-,53+,54-,55-;/m0./s1. The van der Waals surface area contributed by atoms with Crippen molar-refractivity contribution in [1.29, 1.82) is 0 Å². The number of ketones is 1. The van der Waals surface area contributed by atoms with Crippen molar-refractivity contribution in [2.45, 2.75) is 272 Å². The Hall–Kier alpha value is -0.600. The number of hydrogen-bond donors (Lipinski definition) is 12. The Morgan fingerprint density at radius 1 is 0.655 bits per heavy atom. The first kappa shape index (κ1) is 69.3. The van der Waals surface area contributed by atoms with Crippen molar-refractivity contribution in [1.82, 2.24) is 0 Å². The third-order valence-corrected chi connectivity index (χ3v) is 20.4. The van der Waals surface area contributed by atoms with Crippen LogP contribution in [0.1, 0.15) is 113 Å². The van der Waals surface area contributed by atoms with Crippen LogP contribution in [0.4, 0.5) is 0 Å². The Balaban J connectivity index is 0.00000920. The minimum atomic E-state index is -5.12. The number of hydrogen-bond acceptors (Lipinski definition) is 27. The summed E-state index contributed by atoms with van der Waals surface area (Å²) in [6.07, 6.45) is -34.2. The van der Waals surface area contributed by atoms with Crippen LogP contribution in [0.25, 0.3) is 0 Å². The first-order valence-electron chi connectivity index (χ1n) is 29.3. The van der Waals surface area contributed by atoms with Gasteiger partial charge >= 0.3 is 29.6 Å². The van der Waals surface area contributed by atoms with Crippen LogP contribution in [0.5, 0.6) is 0 Å². The van der Waals surface area contributed by atoms with Crippen LogP contribution in [0.15, 0.2) is 11.6 Å². The van der Waals surface area contributed by atoms with E-state index in [9.17, 15) is 79.0 Å². The van der Waals surface area contributed by atoms with Crippen molar-refractivity contribution in [2.24, 2.45) is 40.4 Å². The van der Waals surface area contributed by atoms with E-state index in [1.165, 1.54) is 20.8 Å². The SMILES string of the molecule is CC(C)CC(=O)C[C@](C)(O)[C@H]1CCC2C3C[C@H](O[C@@H]4OC(C)[C@@H](O)C(O[C@@H]5OC[C@@H](O[C@@H]6OC[C@H](O)C(O)C6OC6OC(C)[C@H](O)C(O)[C@@H]6O)C(O)C5O[C@@H]5OC(C)[C@@H](O)C(O)C5O)C4O)C4C[C@@H](OS(=O)(=O)[O-])CC[C@]4(C)C3=CC[C@@]21C.[Na+]. The Morgan fingerprint density at radius 3 is 1.76 bits per heavy atom. The van der Waals surface area contributed by atoms with E-state index in [1.807, 2.05) is 13.8 Å². The van der Waals surface area contributed by atoms with E-state index >= 15 is 0 Å². The first-order chi connectivity index (χ1) is 38.7. The number of aliphatic hydroxyl groups is 12. The number of rotatable bonds is 17. The van der Waals surface area contributed by atoms with Gasteiger partial charge in [0, 0.05) is 12.8 Å². The number of allylic oxidation sites excluding steroid dienone is 2. The maximum absolute atomic E-state index is 13.2. The molecule has 16 unspecified atom stereocenters. The van der Waals surface area contributed by atoms with Crippen LogP contribution in [0, 0.1) is 40.4 Å². The van der Waals surface area contributed by atoms with E-state index in [1.54, 1.807) is 6.92 Å². The number of fused-ring (bicyclic) bond motifs is 5. The molecule has 5 heterocycles. The Kier molecular flexibility index (Phi) is 22.2. The van der Waals surface area contributed by atoms with Gasteiger partial charge < -0.3 is 113 Å². The van der Waals surface area contributed by atoms with E-state index in [0.717, 1.165) is 12.0 Å². The number of carbonyl (C=O) groups is 1. The summed E-state index contributed by atoms with van der Waals surface area (Å²) in [5.74, 6) is -0.796. The largest absolute Gasteiger partial charge is 1.00 e. The molecule has 0 bridgehead atoms. The minimum Gasteiger partial charge on any atom is -0.726 e. The molecule has 0 aromatic heterocycles. The first-order valence-corrected chi connectivity index (χ1v) is 30.6. The zero-order valence-corrected chi connectivity index (χ0v) is 51.9. The zero-order chi connectivity index (χ0) is 60.7. The summed E-state index contributed by atoms with van der Waals surface area (Å²) in [6.45, 7) is 13.0. The van der Waals surface area contributed by atoms with Gasteiger partial charge in [-0.1, -0.05) is 39.3 Å². The minimum absolute atomic E-state index is 0. The van der Waals surface area contributed by atoms with Gasteiger partial charge in [0.25, 0.3) is 0 Å². The van der Waals surface area contributed by atoms with Crippen LogP contribution in [-0.4, -0.2) is 252 Å². The van der Waals surface area contributed by atoms with Crippen LogP contribution >= 0.6 is 0 Å². The summed E-state index contributed by atoms with van der Waals surface area (Å²) < 4.78 is 102. The van der Waals surface area contributed by atoms with Crippen molar-refractivity contribution in [2.75, 3.05) is 13.2 Å². The van der Waals surface area contributed by atoms with Gasteiger partial charge in [0.1, 0.15) is 97.3 Å². The summed E-state index contributed by atoms with van der Waals surface area (Å²) in [5.41, 5.74) is -1.26. The predicted octanol–water partition coefficient (Wildman–Crippen LogP) is -5.38. The summed E-state index contributed by atoms with van der Waals surface area (Å²) in [7, 11) is -5.12. The molecule has 0 aromatic rings. The van der Waals surface area contributed by atoms with Crippen molar-refractivity contribution >= 4 is 16.2 Å². The molecule has 29 heteroatoms. The molecule has 0 spiro atoms. The molecule has 0 amide bonds. The molecule has 5 saturated heterocycles. The van der Waals surface area contributed by atoms with Gasteiger partial charge in [-0.2, -0.15) is 0 Å². The maximum Gasteiger partial charge on any atom is 1.00 e. The van der Waals surface area contributed by atoms with E-state index in [-0.39, 0.29) is 78.3 Å². The van der Waals surface area contributed by atoms with Gasteiger partial charge in [0.15, 0.2) is 31.5 Å². The molecular weight excluding hydrogens is 1150 g/mol. The van der Waals surface area contributed by atoms with Gasteiger partial charge in [0.05, 0.1) is 49.3 Å². The number of carbonyl (C=O) groups excluding carboxylic acids is 1. The quantitative estimate of drug-likeness (QED) is 0.0280. The average molecular weight is 1240 g/mol. The molecule has 84 heavy (non-hydrogen) atoms. The van der Waals surface area contributed by atoms with Gasteiger partial charge in [-0.15, -0.1) is 0 Å². The van der Waals surface area contributed by atoms with Crippen LogP contribution < -0.4 is 29.6 Å². The molecule has 12 N–H and O–H groups in total. The summed E-state index contributed by atoms with van der Waals surface area (Å²) in [5, 5.41) is 134. The van der Waals surface area contributed by atoms with E-state index in [2.05, 4.69) is 19.9 Å². The molecule has 3 saturated carbocycles. The fourth-order valence-corrected chi connectivity index (χ4v) is 16.0. The molecule has 9 rings (SSSR count). The van der Waals surface area contributed by atoms with E-state index in [0.29, 0.717) is 32.1 Å². The van der Waals surface area contributed by atoms with Gasteiger partial charge in [-0.05, 0) is 113 Å². The van der Waals surface area contributed by atoms with Gasteiger partial charge in [-0.3, -0.25) is 8.98 Å². The van der Waals surface area contributed by atoms with E-state index in [4.69, 9.17) is 51.6 Å². The fraction of sp³-hybridized carbons (Fsp3) is 0.945. The molecule has 0 aromatic carbocycles. The summed E-state index contributed by atoms with van der Waals surface area (Å²) in [6, 6.07) is 0. The smallest absolute Gasteiger partial charge is 0.726 e. The van der Waals surface area contributed by atoms with Crippen molar-refractivity contribution in [3.8, 4) is 0 Å². The average Bonchev–Trinajstić information content (AvgIpc) is 1.37. The Labute approximate surface area is 511 Å². The van der Waals surface area contributed by atoms with Crippen molar-refractivity contribution in [3.63, 3.8) is 0 Å². The van der Waals surface area contributed by atoms with Crippen molar-refractivity contribution in [3.05, 3.63) is 11.6 Å². The van der Waals surface area contributed by atoms with E-state index < -0.39 is 199 Å². The monoisotopic (exact) mass is 1240 g/mol. The number of ether oxygens (including phenoxy) is 10. The third kappa shape index (κ3) is 13.9.